The van der Waals surface area contributed by atoms with Crippen LogP contribution in [0.15, 0.2) is 47.4 Å². The molecule has 6 heteroatoms. The second-order valence-corrected chi connectivity index (χ2v) is 8.76. The van der Waals surface area contributed by atoms with Crippen molar-refractivity contribution in [2.24, 2.45) is 0 Å². The largest absolute Gasteiger partial charge is 0.379 e. The number of halogens is 2. The molecule has 0 radical (unpaired) electrons. The van der Waals surface area contributed by atoms with Crippen molar-refractivity contribution in [1.29, 1.82) is 0 Å². The highest BCUT2D eigenvalue weighted by atomic mass is 35.5. The fourth-order valence-corrected chi connectivity index (χ4v) is 4.14. The molecule has 0 spiro atoms. The predicted molar refractivity (Wildman–Crippen MR) is 108 cm³/mol. The quantitative estimate of drug-likeness (QED) is 0.333. The van der Waals surface area contributed by atoms with Crippen LogP contribution in [-0.2, 0) is 10.1 Å². The maximum atomic E-state index is 12.6. The third kappa shape index (κ3) is 5.63. The Labute approximate surface area is 166 Å². The fourth-order valence-electron chi connectivity index (χ4n) is 2.80. The Morgan fingerprint density at radius 3 is 2.42 bits per heavy atom. The monoisotopic (exact) mass is 414 g/mol. The highest BCUT2D eigenvalue weighted by Gasteiger charge is 2.21. The molecule has 0 heterocycles. The van der Waals surface area contributed by atoms with E-state index in [1.54, 1.807) is 12.1 Å². The first-order valence-corrected chi connectivity index (χ1v) is 11.0. The zero-order valence-corrected chi connectivity index (χ0v) is 17.4. The van der Waals surface area contributed by atoms with Crippen LogP contribution in [0.2, 0.25) is 10.0 Å². The number of hydrogen-bond acceptors (Lipinski definition) is 3. The number of rotatable bonds is 9. The Morgan fingerprint density at radius 2 is 1.73 bits per heavy atom. The molecule has 0 aromatic heterocycles. The summed E-state index contributed by atoms with van der Waals surface area (Å²) in [6.07, 6.45) is 5.70. The summed E-state index contributed by atoms with van der Waals surface area (Å²) >= 11 is 11.8. The van der Waals surface area contributed by atoms with Crippen LogP contribution in [0.1, 0.15) is 57.4 Å². The summed E-state index contributed by atoms with van der Waals surface area (Å²) < 4.78 is 30.7. The Balaban J connectivity index is 2.19. The third-order valence-corrected chi connectivity index (χ3v) is 6.29. The zero-order valence-electron chi connectivity index (χ0n) is 15.0. The molecular formula is C20H24Cl2O3S. The molecule has 0 bridgehead atoms. The second kappa shape index (κ2) is 9.63. The molecule has 1 unspecified atom stereocenters. The van der Waals surface area contributed by atoms with E-state index in [0.717, 1.165) is 18.4 Å². The van der Waals surface area contributed by atoms with Gasteiger partial charge in [0.2, 0.25) is 0 Å². The van der Waals surface area contributed by atoms with E-state index in [1.807, 2.05) is 12.1 Å². The minimum absolute atomic E-state index is 0.0164. The molecule has 26 heavy (non-hydrogen) atoms. The van der Waals surface area contributed by atoms with E-state index in [0.29, 0.717) is 10.8 Å². The summed E-state index contributed by atoms with van der Waals surface area (Å²) in [5, 5.41) is 0.473. The molecule has 3 nitrogen and oxygen atoms in total. The molecular weight excluding hydrogens is 391 g/mol. The summed E-state index contributed by atoms with van der Waals surface area (Å²) in [7, 11) is -3.98. The Kier molecular flexibility index (Phi) is 7.81. The van der Waals surface area contributed by atoms with E-state index >= 15 is 0 Å². The molecule has 0 aliphatic carbocycles. The normalized spacial score (nSPS) is 12.8. The Morgan fingerprint density at radius 1 is 1.00 bits per heavy atom. The minimum Gasteiger partial charge on any atom is -0.379 e. The van der Waals surface area contributed by atoms with Crippen LogP contribution in [0.3, 0.4) is 0 Å². The Hall–Kier alpha value is -1.23. The van der Waals surface area contributed by atoms with Crippen molar-refractivity contribution in [2.45, 2.75) is 56.8 Å². The lowest BCUT2D eigenvalue weighted by molar-refractivity contribution is 0.477. The van der Waals surface area contributed by atoms with E-state index in [9.17, 15) is 8.42 Å². The van der Waals surface area contributed by atoms with Crippen molar-refractivity contribution >= 4 is 33.3 Å². The van der Waals surface area contributed by atoms with Crippen molar-refractivity contribution < 1.29 is 12.6 Å². The lowest BCUT2D eigenvalue weighted by Crippen LogP contribution is -2.11. The van der Waals surface area contributed by atoms with Crippen molar-refractivity contribution in [3.8, 4) is 5.75 Å². The van der Waals surface area contributed by atoms with Gasteiger partial charge in [0.1, 0.15) is 10.6 Å². The first kappa shape index (κ1) is 21.1. The number of para-hydroxylation sites is 1. The summed E-state index contributed by atoms with van der Waals surface area (Å²) in [4.78, 5) is -0.0164. The minimum atomic E-state index is -3.98. The van der Waals surface area contributed by atoms with Crippen LogP contribution in [-0.4, -0.2) is 8.42 Å². The number of hydrogen-bond donors (Lipinski definition) is 0. The topological polar surface area (TPSA) is 43.4 Å². The molecule has 0 amide bonds. The zero-order chi connectivity index (χ0) is 19.2. The summed E-state index contributed by atoms with van der Waals surface area (Å²) in [5.41, 5.74) is 0.896. The molecule has 142 valence electrons. The smallest absolute Gasteiger partial charge is 0.339 e. The van der Waals surface area contributed by atoms with Crippen LogP contribution in [0.25, 0.3) is 0 Å². The first-order chi connectivity index (χ1) is 12.3. The fraction of sp³-hybridized carbons (Fsp3) is 0.400. The van der Waals surface area contributed by atoms with Gasteiger partial charge in [0.05, 0.1) is 10.0 Å². The SMILES string of the molecule is CCCCCCC(C)c1ccccc1OS(=O)(=O)c1ccc(Cl)c(Cl)c1. The maximum absolute atomic E-state index is 12.6. The molecule has 1 atom stereocenters. The summed E-state index contributed by atoms with van der Waals surface area (Å²) in [6, 6.07) is 11.4. The van der Waals surface area contributed by atoms with Gasteiger partial charge in [-0.2, -0.15) is 8.42 Å². The standard InChI is InChI=1S/C20H24Cl2O3S/c1-3-4-5-6-9-15(2)17-10-7-8-11-20(17)25-26(23,24)16-12-13-18(21)19(22)14-16/h7-8,10-15H,3-6,9H2,1-2H3. The van der Waals surface area contributed by atoms with Gasteiger partial charge < -0.3 is 4.18 Å². The molecule has 2 aromatic carbocycles. The van der Waals surface area contributed by atoms with Crippen LogP contribution in [0.5, 0.6) is 5.75 Å². The van der Waals surface area contributed by atoms with E-state index in [-0.39, 0.29) is 15.8 Å². The van der Waals surface area contributed by atoms with Gasteiger partial charge in [-0.05, 0) is 42.2 Å². The average Bonchev–Trinajstić information content (AvgIpc) is 2.61. The van der Waals surface area contributed by atoms with Crippen molar-refractivity contribution in [1.82, 2.24) is 0 Å². The maximum Gasteiger partial charge on any atom is 0.339 e. The van der Waals surface area contributed by atoms with Crippen molar-refractivity contribution in [2.75, 3.05) is 0 Å². The van der Waals surface area contributed by atoms with Crippen molar-refractivity contribution in [3.63, 3.8) is 0 Å². The second-order valence-electron chi connectivity index (χ2n) is 6.40. The van der Waals surface area contributed by atoms with Gasteiger partial charge in [0.25, 0.3) is 0 Å². The van der Waals surface area contributed by atoms with Gasteiger partial charge in [-0.1, -0.05) is 80.9 Å². The van der Waals surface area contributed by atoms with Crippen LogP contribution in [0, 0.1) is 0 Å². The van der Waals surface area contributed by atoms with Crippen molar-refractivity contribution in [3.05, 3.63) is 58.1 Å². The third-order valence-electron chi connectivity index (χ3n) is 4.32. The molecule has 0 saturated carbocycles. The highest BCUT2D eigenvalue weighted by Crippen LogP contribution is 2.33. The van der Waals surface area contributed by atoms with Crippen LogP contribution >= 0.6 is 23.2 Å². The lowest BCUT2D eigenvalue weighted by Gasteiger charge is -2.17. The number of benzene rings is 2. The molecule has 0 saturated heterocycles. The Bertz CT molecular complexity index is 835. The molecule has 0 aliphatic heterocycles. The van der Waals surface area contributed by atoms with Gasteiger partial charge in [-0.3, -0.25) is 0 Å². The first-order valence-electron chi connectivity index (χ1n) is 8.83. The van der Waals surface area contributed by atoms with E-state index < -0.39 is 10.1 Å². The summed E-state index contributed by atoms with van der Waals surface area (Å²) in [6.45, 7) is 4.28. The van der Waals surface area contributed by atoms with Crippen LogP contribution in [0.4, 0.5) is 0 Å². The van der Waals surface area contributed by atoms with Gasteiger partial charge >= 0.3 is 10.1 Å². The van der Waals surface area contributed by atoms with Crippen LogP contribution < -0.4 is 4.18 Å². The van der Waals surface area contributed by atoms with Gasteiger partial charge in [-0.25, -0.2) is 0 Å². The lowest BCUT2D eigenvalue weighted by atomic mass is 9.94. The van der Waals surface area contributed by atoms with E-state index in [1.165, 1.54) is 37.5 Å². The van der Waals surface area contributed by atoms with E-state index in [2.05, 4.69) is 13.8 Å². The number of unbranched alkanes of at least 4 members (excludes halogenated alkanes) is 3. The van der Waals surface area contributed by atoms with E-state index in [4.69, 9.17) is 27.4 Å². The predicted octanol–water partition coefficient (Wildman–Crippen LogP) is 6.84. The molecule has 0 N–H and O–H groups in total. The average molecular weight is 415 g/mol. The van der Waals surface area contributed by atoms with Gasteiger partial charge in [-0.15, -0.1) is 0 Å². The molecule has 0 aliphatic rings. The molecule has 0 fully saturated rings. The van der Waals surface area contributed by atoms with Gasteiger partial charge in [0.15, 0.2) is 0 Å². The molecule has 2 aromatic rings. The summed E-state index contributed by atoms with van der Waals surface area (Å²) in [5.74, 6) is 0.577. The highest BCUT2D eigenvalue weighted by molar-refractivity contribution is 7.87. The van der Waals surface area contributed by atoms with Gasteiger partial charge in [0, 0.05) is 0 Å². The molecule has 2 rings (SSSR count).